The molecule has 4 amide bonds. The Kier molecular flexibility index (Phi) is 4.25. The van der Waals surface area contributed by atoms with Gasteiger partial charge in [-0.25, -0.2) is 5.01 Å². The number of rotatable bonds is 4. The highest BCUT2D eigenvalue weighted by Gasteiger charge is 2.38. The van der Waals surface area contributed by atoms with Gasteiger partial charge in [-0.1, -0.05) is 18.2 Å². The van der Waals surface area contributed by atoms with Crippen LogP contribution in [0, 0.1) is 0 Å². The lowest BCUT2D eigenvalue weighted by Gasteiger charge is -2.24. The Balaban J connectivity index is 1.47. The molecule has 2 aromatic rings. The zero-order valence-electron chi connectivity index (χ0n) is 13.4. The van der Waals surface area contributed by atoms with Gasteiger partial charge in [0.15, 0.2) is 0 Å². The summed E-state index contributed by atoms with van der Waals surface area (Å²) in [7, 11) is 0. The molecule has 1 saturated heterocycles. The summed E-state index contributed by atoms with van der Waals surface area (Å²) in [4.78, 5) is 51.0. The Morgan fingerprint density at radius 2 is 1.77 bits per heavy atom. The van der Waals surface area contributed by atoms with E-state index in [-0.39, 0.29) is 28.2 Å². The maximum Gasteiger partial charge on any atom is 0.262 e. The molecule has 2 aliphatic rings. The molecule has 0 saturated carbocycles. The van der Waals surface area contributed by atoms with Crippen molar-refractivity contribution < 1.29 is 19.2 Å². The number of carbonyl (C=O) groups is 4. The number of amides is 4. The first-order valence-corrected chi connectivity index (χ1v) is 9.71. The van der Waals surface area contributed by atoms with E-state index < -0.39 is 24.3 Å². The second-order valence-electron chi connectivity index (χ2n) is 5.72. The fourth-order valence-electron chi connectivity index (χ4n) is 2.88. The van der Waals surface area contributed by atoms with Crippen molar-refractivity contribution in [1.82, 2.24) is 15.3 Å². The molecule has 7 nitrogen and oxygen atoms in total. The summed E-state index contributed by atoms with van der Waals surface area (Å²) in [6, 6.07) is 10.2. The average Bonchev–Trinajstić information content (AvgIpc) is 3.33. The van der Waals surface area contributed by atoms with Crippen molar-refractivity contribution in [2.45, 2.75) is 5.37 Å². The van der Waals surface area contributed by atoms with Crippen LogP contribution >= 0.6 is 23.1 Å². The lowest BCUT2D eigenvalue weighted by atomic mass is 10.1. The number of hydrazine groups is 1. The molecule has 0 spiro atoms. The van der Waals surface area contributed by atoms with E-state index in [0.717, 1.165) is 9.78 Å². The molecule has 9 heteroatoms. The fraction of sp³-hybridized carbons (Fsp3) is 0.176. The van der Waals surface area contributed by atoms with Crippen molar-refractivity contribution in [2.24, 2.45) is 0 Å². The molecule has 0 radical (unpaired) electrons. The predicted octanol–water partition coefficient (Wildman–Crippen LogP) is 1.65. The molecular formula is C17H13N3O4S2. The van der Waals surface area contributed by atoms with Gasteiger partial charge in [0.05, 0.1) is 16.9 Å². The summed E-state index contributed by atoms with van der Waals surface area (Å²) in [5.41, 5.74) is 3.12. The highest BCUT2D eigenvalue weighted by atomic mass is 32.2. The molecule has 3 heterocycles. The minimum Gasteiger partial charge on any atom is -0.272 e. The van der Waals surface area contributed by atoms with Crippen LogP contribution in [-0.4, -0.2) is 45.8 Å². The van der Waals surface area contributed by atoms with Crippen LogP contribution in [0.25, 0.3) is 0 Å². The average molecular weight is 387 g/mol. The number of thioether (sulfide) groups is 1. The van der Waals surface area contributed by atoms with Gasteiger partial charge in [-0.05, 0) is 23.6 Å². The lowest BCUT2D eigenvalue weighted by molar-refractivity contribution is -0.139. The van der Waals surface area contributed by atoms with Crippen LogP contribution in [-0.2, 0) is 9.59 Å². The Labute approximate surface area is 156 Å². The number of hydrogen-bond acceptors (Lipinski definition) is 6. The van der Waals surface area contributed by atoms with Gasteiger partial charge in [0.1, 0.15) is 11.9 Å². The van der Waals surface area contributed by atoms with Crippen LogP contribution in [0.2, 0.25) is 0 Å². The van der Waals surface area contributed by atoms with Crippen molar-refractivity contribution in [3.63, 3.8) is 0 Å². The third-order valence-corrected chi connectivity index (χ3v) is 6.35. The van der Waals surface area contributed by atoms with Crippen LogP contribution in [0.15, 0.2) is 41.8 Å². The van der Waals surface area contributed by atoms with Crippen molar-refractivity contribution in [1.29, 1.82) is 0 Å². The minimum absolute atomic E-state index is 0.218. The Bertz CT molecular complexity index is 877. The zero-order chi connectivity index (χ0) is 18.3. The molecule has 1 aromatic carbocycles. The van der Waals surface area contributed by atoms with Gasteiger partial charge in [0.25, 0.3) is 23.6 Å². The van der Waals surface area contributed by atoms with Gasteiger partial charge in [-0.3, -0.25) is 29.5 Å². The van der Waals surface area contributed by atoms with Crippen molar-refractivity contribution in [3.8, 4) is 0 Å². The molecule has 1 unspecified atom stereocenters. The van der Waals surface area contributed by atoms with Gasteiger partial charge in [-0.15, -0.1) is 23.1 Å². The smallest absolute Gasteiger partial charge is 0.262 e. The Morgan fingerprint density at radius 1 is 1.08 bits per heavy atom. The van der Waals surface area contributed by atoms with E-state index in [1.165, 1.54) is 28.1 Å². The zero-order valence-corrected chi connectivity index (χ0v) is 15.0. The minimum atomic E-state index is -0.586. The Morgan fingerprint density at radius 3 is 2.38 bits per heavy atom. The third-order valence-electron chi connectivity index (χ3n) is 4.08. The Hall–Kier alpha value is -2.65. The van der Waals surface area contributed by atoms with Crippen LogP contribution in [0.1, 0.15) is 31.0 Å². The predicted molar refractivity (Wildman–Crippen MR) is 96.3 cm³/mol. The highest BCUT2D eigenvalue weighted by Crippen LogP contribution is 2.39. The summed E-state index contributed by atoms with van der Waals surface area (Å²) >= 11 is 2.91. The number of nitrogens with zero attached hydrogens (tertiary/aromatic N) is 2. The quantitative estimate of drug-likeness (QED) is 0.806. The molecule has 1 aromatic heterocycles. The maximum atomic E-state index is 12.4. The van der Waals surface area contributed by atoms with E-state index in [9.17, 15) is 19.2 Å². The van der Waals surface area contributed by atoms with Gasteiger partial charge in [0.2, 0.25) is 0 Å². The van der Waals surface area contributed by atoms with Crippen LogP contribution in [0.4, 0.5) is 0 Å². The van der Waals surface area contributed by atoms with Crippen molar-refractivity contribution in [3.05, 3.63) is 57.8 Å². The number of nitrogens with one attached hydrogen (secondary N) is 1. The largest absolute Gasteiger partial charge is 0.272 e. The molecule has 1 atom stereocenters. The third kappa shape index (κ3) is 2.78. The van der Waals surface area contributed by atoms with Crippen LogP contribution in [0.3, 0.4) is 0 Å². The topological polar surface area (TPSA) is 86.8 Å². The van der Waals surface area contributed by atoms with E-state index in [0.29, 0.717) is 0 Å². The normalized spacial score (nSPS) is 19.2. The van der Waals surface area contributed by atoms with Gasteiger partial charge < -0.3 is 0 Å². The molecular weight excluding hydrogens is 374 g/mol. The summed E-state index contributed by atoms with van der Waals surface area (Å²) in [6.45, 7) is -0.433. The highest BCUT2D eigenvalue weighted by molar-refractivity contribution is 8.00. The molecule has 132 valence electrons. The molecule has 26 heavy (non-hydrogen) atoms. The molecule has 1 N–H and O–H groups in total. The standard InChI is InChI=1S/C17H13N3O4S2/c21-13(8-19-15(23)10-4-1-2-5-11(10)16(19)24)18-20-14(22)9-26-17(20)12-6-3-7-25-12/h1-7,17H,8-9H2,(H,18,21). The molecule has 0 aliphatic carbocycles. The van der Waals surface area contributed by atoms with Crippen LogP contribution < -0.4 is 5.43 Å². The van der Waals surface area contributed by atoms with Gasteiger partial charge in [0, 0.05) is 4.88 Å². The summed E-state index contributed by atoms with van der Waals surface area (Å²) < 4.78 is 0. The SMILES string of the molecule is O=C(CN1C(=O)c2ccccc2C1=O)NN1C(=O)CSC1c1cccs1. The summed E-state index contributed by atoms with van der Waals surface area (Å²) in [5, 5.41) is 2.88. The molecule has 1 fully saturated rings. The number of carbonyl (C=O) groups excluding carboxylic acids is 4. The van der Waals surface area contributed by atoms with E-state index in [2.05, 4.69) is 5.43 Å². The summed E-state index contributed by atoms with van der Waals surface area (Å²) in [5.74, 6) is -1.55. The van der Waals surface area contributed by atoms with Gasteiger partial charge in [-0.2, -0.15) is 0 Å². The number of hydrogen-bond donors (Lipinski definition) is 1. The number of imide groups is 1. The second kappa shape index (κ2) is 6.58. The number of benzene rings is 1. The monoisotopic (exact) mass is 387 g/mol. The first kappa shape index (κ1) is 16.8. The van der Waals surface area contributed by atoms with E-state index in [4.69, 9.17) is 0 Å². The molecule has 2 aliphatic heterocycles. The van der Waals surface area contributed by atoms with Crippen LogP contribution in [0.5, 0.6) is 0 Å². The first-order valence-electron chi connectivity index (χ1n) is 7.78. The van der Waals surface area contributed by atoms with E-state index in [1.54, 1.807) is 24.3 Å². The lowest BCUT2D eigenvalue weighted by Crippen LogP contribution is -2.49. The maximum absolute atomic E-state index is 12.4. The first-order chi connectivity index (χ1) is 12.6. The van der Waals surface area contributed by atoms with E-state index >= 15 is 0 Å². The van der Waals surface area contributed by atoms with Crippen molar-refractivity contribution in [2.75, 3.05) is 12.3 Å². The summed E-state index contributed by atoms with van der Waals surface area (Å²) in [6.07, 6.45) is 0. The second-order valence-corrected chi connectivity index (χ2v) is 7.77. The van der Waals surface area contributed by atoms with E-state index in [1.807, 2.05) is 17.5 Å². The number of thiophene rings is 1. The number of fused-ring (bicyclic) bond motifs is 1. The van der Waals surface area contributed by atoms with Gasteiger partial charge >= 0.3 is 0 Å². The molecule has 0 bridgehead atoms. The van der Waals surface area contributed by atoms with Crippen molar-refractivity contribution >= 4 is 46.7 Å². The fourth-order valence-corrected chi connectivity index (χ4v) is 4.95. The molecule has 4 rings (SSSR count).